The first-order valence-corrected chi connectivity index (χ1v) is 6.13. The summed E-state index contributed by atoms with van der Waals surface area (Å²) in [6.07, 6.45) is -0.489. The van der Waals surface area contributed by atoms with Gasteiger partial charge in [0.15, 0.2) is 6.29 Å². The number of amides is 1. The van der Waals surface area contributed by atoms with Crippen LogP contribution in [-0.4, -0.2) is 66.5 Å². The number of hydrogen-bond acceptors (Lipinski definition) is 7. The summed E-state index contributed by atoms with van der Waals surface area (Å²) in [6.45, 7) is 1.60. The maximum atomic E-state index is 12.3. The first kappa shape index (κ1) is 14.7. The Morgan fingerprint density at radius 2 is 1.90 bits per heavy atom. The van der Waals surface area contributed by atoms with E-state index >= 15 is 0 Å². The van der Waals surface area contributed by atoms with Gasteiger partial charge in [-0.05, 0) is 6.92 Å². The molecule has 20 heavy (non-hydrogen) atoms. The van der Waals surface area contributed by atoms with Gasteiger partial charge in [0.2, 0.25) is 6.41 Å². The Labute approximate surface area is 115 Å². The van der Waals surface area contributed by atoms with E-state index in [0.29, 0.717) is 6.41 Å². The summed E-state index contributed by atoms with van der Waals surface area (Å²) >= 11 is 0. The number of ether oxygens (including phenoxy) is 3. The van der Waals surface area contributed by atoms with Crippen LogP contribution in [0.2, 0.25) is 0 Å². The molecule has 2 heterocycles. The van der Waals surface area contributed by atoms with Crippen molar-refractivity contribution in [1.82, 2.24) is 4.90 Å². The Morgan fingerprint density at radius 1 is 1.35 bits per heavy atom. The standard InChI is InChI=1S/C12H17NO7/c1-11-7(4-8(15)20-11)5-13(6-14)12(11,9(16)18-2)10(17)19-3/h6-8,15H,4-5H2,1-3H3/t7-,8?,11-/m0/s1. The number of carbonyl (C=O) groups is 3. The van der Waals surface area contributed by atoms with Crippen LogP contribution in [0.25, 0.3) is 0 Å². The predicted molar refractivity (Wildman–Crippen MR) is 63.1 cm³/mol. The van der Waals surface area contributed by atoms with Crippen LogP contribution in [0.15, 0.2) is 0 Å². The third kappa shape index (κ3) is 1.52. The molecule has 0 aromatic carbocycles. The van der Waals surface area contributed by atoms with Crippen molar-refractivity contribution in [1.29, 1.82) is 0 Å². The normalized spacial score (nSPS) is 34.5. The van der Waals surface area contributed by atoms with Gasteiger partial charge in [-0.1, -0.05) is 0 Å². The second kappa shape index (κ2) is 4.71. The molecule has 2 rings (SSSR count). The van der Waals surface area contributed by atoms with Gasteiger partial charge in [0.05, 0.1) is 14.2 Å². The van der Waals surface area contributed by atoms with Crippen molar-refractivity contribution in [3.8, 4) is 0 Å². The van der Waals surface area contributed by atoms with Crippen molar-refractivity contribution < 1.29 is 33.7 Å². The minimum Gasteiger partial charge on any atom is -0.467 e. The lowest BCUT2D eigenvalue weighted by Gasteiger charge is -2.40. The van der Waals surface area contributed by atoms with Crippen molar-refractivity contribution in [2.24, 2.45) is 5.92 Å². The summed E-state index contributed by atoms with van der Waals surface area (Å²) in [5.74, 6) is -2.27. The monoisotopic (exact) mass is 287 g/mol. The lowest BCUT2D eigenvalue weighted by Crippen LogP contribution is -2.68. The molecule has 1 amide bonds. The fourth-order valence-electron chi connectivity index (χ4n) is 3.32. The van der Waals surface area contributed by atoms with Crippen LogP contribution in [0.1, 0.15) is 13.3 Å². The Hall–Kier alpha value is -1.67. The van der Waals surface area contributed by atoms with Gasteiger partial charge in [-0.2, -0.15) is 0 Å². The summed E-state index contributed by atoms with van der Waals surface area (Å²) < 4.78 is 14.8. The van der Waals surface area contributed by atoms with E-state index < -0.39 is 29.4 Å². The van der Waals surface area contributed by atoms with Gasteiger partial charge in [0.1, 0.15) is 5.60 Å². The maximum absolute atomic E-state index is 12.3. The lowest BCUT2D eigenvalue weighted by atomic mass is 9.76. The quantitative estimate of drug-likeness (QED) is 0.389. The average Bonchev–Trinajstić information content (AvgIpc) is 2.83. The number of hydrogen-bond donors (Lipinski definition) is 1. The lowest BCUT2D eigenvalue weighted by molar-refractivity contribution is -0.204. The Morgan fingerprint density at radius 3 is 2.35 bits per heavy atom. The van der Waals surface area contributed by atoms with Gasteiger partial charge in [-0.3, -0.25) is 4.79 Å². The fraction of sp³-hybridized carbons (Fsp3) is 0.750. The zero-order chi connectivity index (χ0) is 15.1. The van der Waals surface area contributed by atoms with Gasteiger partial charge in [0, 0.05) is 18.9 Å². The molecule has 0 saturated carbocycles. The van der Waals surface area contributed by atoms with Crippen LogP contribution in [0.4, 0.5) is 0 Å². The van der Waals surface area contributed by atoms with Gasteiger partial charge < -0.3 is 24.2 Å². The highest BCUT2D eigenvalue weighted by Crippen LogP contribution is 2.52. The Bertz CT molecular complexity index is 435. The van der Waals surface area contributed by atoms with Crippen molar-refractivity contribution in [2.75, 3.05) is 20.8 Å². The molecule has 2 aliphatic rings. The largest absolute Gasteiger partial charge is 0.467 e. The van der Waals surface area contributed by atoms with Crippen molar-refractivity contribution in [3.05, 3.63) is 0 Å². The van der Waals surface area contributed by atoms with E-state index in [-0.39, 0.29) is 18.9 Å². The maximum Gasteiger partial charge on any atom is 0.346 e. The molecule has 0 bridgehead atoms. The summed E-state index contributed by atoms with van der Waals surface area (Å²) in [5.41, 5.74) is -3.44. The molecule has 1 unspecified atom stereocenters. The van der Waals surface area contributed by atoms with Crippen molar-refractivity contribution in [2.45, 2.75) is 30.8 Å². The minimum absolute atomic E-state index is 0.0985. The van der Waals surface area contributed by atoms with E-state index in [1.807, 2.05) is 0 Å². The highest BCUT2D eigenvalue weighted by Gasteiger charge is 2.75. The van der Waals surface area contributed by atoms with Crippen LogP contribution in [0, 0.1) is 5.92 Å². The van der Waals surface area contributed by atoms with E-state index in [1.165, 1.54) is 6.92 Å². The highest BCUT2D eigenvalue weighted by atomic mass is 16.6. The van der Waals surface area contributed by atoms with Crippen LogP contribution < -0.4 is 0 Å². The summed E-state index contributed by atoms with van der Waals surface area (Å²) in [4.78, 5) is 36.9. The zero-order valence-electron chi connectivity index (χ0n) is 11.5. The third-order valence-corrected chi connectivity index (χ3v) is 4.30. The number of nitrogens with zero attached hydrogens (tertiary/aromatic N) is 1. The van der Waals surface area contributed by atoms with Crippen LogP contribution >= 0.6 is 0 Å². The molecule has 2 aliphatic heterocycles. The molecular weight excluding hydrogens is 270 g/mol. The molecular formula is C12H17NO7. The smallest absolute Gasteiger partial charge is 0.346 e. The summed E-state index contributed by atoms with van der Waals surface area (Å²) in [6, 6.07) is 0. The Kier molecular flexibility index (Phi) is 3.47. The average molecular weight is 287 g/mol. The van der Waals surface area contributed by atoms with Gasteiger partial charge in [0.25, 0.3) is 5.54 Å². The van der Waals surface area contributed by atoms with Crippen molar-refractivity contribution in [3.63, 3.8) is 0 Å². The Balaban J connectivity index is 2.63. The molecule has 0 spiro atoms. The molecule has 0 radical (unpaired) electrons. The van der Waals surface area contributed by atoms with Crippen LogP contribution in [-0.2, 0) is 28.6 Å². The van der Waals surface area contributed by atoms with E-state index in [1.54, 1.807) is 0 Å². The summed E-state index contributed by atoms with van der Waals surface area (Å²) in [7, 11) is 2.22. The number of esters is 2. The second-order valence-corrected chi connectivity index (χ2v) is 5.06. The molecule has 0 aromatic heterocycles. The number of methoxy groups -OCH3 is 2. The molecule has 2 fully saturated rings. The first-order chi connectivity index (χ1) is 9.38. The van der Waals surface area contributed by atoms with Crippen molar-refractivity contribution >= 4 is 18.3 Å². The number of aliphatic hydroxyl groups excluding tert-OH is 1. The highest BCUT2D eigenvalue weighted by molar-refractivity contribution is 6.08. The second-order valence-electron chi connectivity index (χ2n) is 5.06. The van der Waals surface area contributed by atoms with E-state index in [0.717, 1.165) is 19.1 Å². The third-order valence-electron chi connectivity index (χ3n) is 4.30. The number of likely N-dealkylation sites (tertiary alicyclic amines) is 1. The number of carbonyl (C=O) groups excluding carboxylic acids is 3. The van der Waals surface area contributed by atoms with Crippen LogP contribution in [0.3, 0.4) is 0 Å². The minimum atomic E-state index is -2.04. The van der Waals surface area contributed by atoms with Gasteiger partial charge >= 0.3 is 11.9 Å². The summed E-state index contributed by atoms with van der Waals surface area (Å²) in [5, 5.41) is 9.67. The topological polar surface area (TPSA) is 102 Å². The van der Waals surface area contributed by atoms with E-state index in [9.17, 15) is 19.5 Å². The predicted octanol–water partition coefficient (Wildman–Crippen LogP) is -1.34. The van der Waals surface area contributed by atoms with Gasteiger partial charge in [-0.15, -0.1) is 0 Å². The molecule has 0 aliphatic carbocycles. The SMILES string of the molecule is COC(=O)C1(C(=O)OC)N(C=O)C[C@@H]2CC(O)O[C@@]21C. The first-order valence-electron chi connectivity index (χ1n) is 6.13. The van der Waals surface area contributed by atoms with Crippen LogP contribution in [0.5, 0.6) is 0 Å². The number of aliphatic hydroxyl groups is 1. The molecule has 8 nitrogen and oxygen atoms in total. The molecule has 0 aromatic rings. The molecule has 2 saturated heterocycles. The van der Waals surface area contributed by atoms with E-state index in [2.05, 4.69) is 0 Å². The van der Waals surface area contributed by atoms with E-state index in [4.69, 9.17) is 14.2 Å². The zero-order valence-corrected chi connectivity index (χ0v) is 11.5. The number of fused-ring (bicyclic) bond motifs is 1. The van der Waals surface area contributed by atoms with Gasteiger partial charge in [-0.25, -0.2) is 9.59 Å². The molecule has 3 atom stereocenters. The molecule has 8 heteroatoms. The number of rotatable bonds is 3. The fourth-order valence-corrected chi connectivity index (χ4v) is 3.32. The molecule has 112 valence electrons. The molecule has 1 N–H and O–H groups in total.